The van der Waals surface area contributed by atoms with Crippen molar-refractivity contribution in [3.8, 4) is 0 Å². The van der Waals surface area contributed by atoms with Crippen molar-refractivity contribution in [1.29, 1.82) is 0 Å². The summed E-state index contributed by atoms with van der Waals surface area (Å²) in [5, 5.41) is 10.0. The lowest BCUT2D eigenvalue weighted by Crippen LogP contribution is -2.28. The van der Waals surface area contributed by atoms with Gasteiger partial charge < -0.3 is 10.6 Å². The van der Waals surface area contributed by atoms with Gasteiger partial charge in [0.2, 0.25) is 5.91 Å². The Labute approximate surface area is 112 Å². The normalized spacial score (nSPS) is 10.4. The molecule has 1 aromatic heterocycles. The number of hydrogen-bond acceptors (Lipinski definition) is 3. The molecule has 2 aromatic rings. The summed E-state index contributed by atoms with van der Waals surface area (Å²) in [6.07, 6.45) is 1.74. The highest BCUT2D eigenvalue weighted by Gasteiger charge is 2.03. The predicted molar refractivity (Wildman–Crippen MR) is 74.7 cm³/mol. The van der Waals surface area contributed by atoms with Gasteiger partial charge in [-0.3, -0.25) is 9.48 Å². The molecule has 0 saturated carbocycles. The standard InChI is InChI=1S/C14H18N4O/c1-11-4-3-5-12(8-11)17-14(19)10-15-9-13-6-7-16-18(13)2/h3-8,15H,9-10H2,1-2H3,(H,17,19). The van der Waals surface area contributed by atoms with Gasteiger partial charge in [0.1, 0.15) is 0 Å². The average molecular weight is 258 g/mol. The van der Waals surface area contributed by atoms with Gasteiger partial charge in [0.05, 0.1) is 12.2 Å². The van der Waals surface area contributed by atoms with Gasteiger partial charge in [0.25, 0.3) is 0 Å². The van der Waals surface area contributed by atoms with Crippen molar-refractivity contribution in [3.63, 3.8) is 0 Å². The first kappa shape index (κ1) is 13.3. The van der Waals surface area contributed by atoms with Gasteiger partial charge in [-0.1, -0.05) is 12.1 Å². The Balaban J connectivity index is 1.77. The molecule has 19 heavy (non-hydrogen) atoms. The van der Waals surface area contributed by atoms with Crippen LogP contribution in [0.15, 0.2) is 36.5 Å². The summed E-state index contributed by atoms with van der Waals surface area (Å²) in [4.78, 5) is 11.7. The molecule has 5 nitrogen and oxygen atoms in total. The Hall–Kier alpha value is -2.14. The van der Waals surface area contributed by atoms with E-state index >= 15 is 0 Å². The van der Waals surface area contributed by atoms with Gasteiger partial charge in [-0.05, 0) is 30.7 Å². The van der Waals surface area contributed by atoms with E-state index in [0.29, 0.717) is 6.54 Å². The summed E-state index contributed by atoms with van der Waals surface area (Å²) >= 11 is 0. The van der Waals surface area contributed by atoms with Crippen molar-refractivity contribution in [2.24, 2.45) is 7.05 Å². The van der Waals surface area contributed by atoms with Crippen molar-refractivity contribution >= 4 is 11.6 Å². The Morgan fingerprint density at radius 3 is 2.89 bits per heavy atom. The van der Waals surface area contributed by atoms with E-state index < -0.39 is 0 Å². The van der Waals surface area contributed by atoms with E-state index in [0.717, 1.165) is 16.9 Å². The molecule has 0 unspecified atom stereocenters. The van der Waals surface area contributed by atoms with Crippen LogP contribution in [0.2, 0.25) is 0 Å². The van der Waals surface area contributed by atoms with Crippen molar-refractivity contribution in [2.75, 3.05) is 11.9 Å². The van der Waals surface area contributed by atoms with Crippen molar-refractivity contribution < 1.29 is 4.79 Å². The molecule has 0 aliphatic rings. The van der Waals surface area contributed by atoms with Crippen LogP contribution in [0, 0.1) is 6.92 Å². The summed E-state index contributed by atoms with van der Waals surface area (Å²) in [7, 11) is 1.88. The lowest BCUT2D eigenvalue weighted by Gasteiger charge is -2.07. The molecule has 0 aliphatic carbocycles. The van der Waals surface area contributed by atoms with E-state index in [2.05, 4.69) is 15.7 Å². The number of nitrogens with one attached hydrogen (secondary N) is 2. The number of carbonyl (C=O) groups excluding carboxylic acids is 1. The maximum absolute atomic E-state index is 11.7. The van der Waals surface area contributed by atoms with Crippen LogP contribution in [0.25, 0.3) is 0 Å². The molecule has 0 fully saturated rings. The lowest BCUT2D eigenvalue weighted by atomic mass is 10.2. The first-order chi connectivity index (χ1) is 9.15. The van der Waals surface area contributed by atoms with E-state index in [4.69, 9.17) is 0 Å². The predicted octanol–water partition coefficient (Wildman–Crippen LogP) is 1.46. The summed E-state index contributed by atoms with van der Waals surface area (Å²) in [5.74, 6) is -0.0484. The molecule has 5 heteroatoms. The summed E-state index contributed by atoms with van der Waals surface area (Å²) in [6.45, 7) is 2.90. The molecule has 1 amide bonds. The highest BCUT2D eigenvalue weighted by molar-refractivity contribution is 5.92. The Morgan fingerprint density at radius 1 is 1.37 bits per heavy atom. The first-order valence-electron chi connectivity index (χ1n) is 6.19. The average Bonchev–Trinajstić information content (AvgIpc) is 2.75. The molecule has 100 valence electrons. The zero-order chi connectivity index (χ0) is 13.7. The monoisotopic (exact) mass is 258 g/mol. The second-order valence-electron chi connectivity index (χ2n) is 4.47. The van der Waals surface area contributed by atoms with Crippen LogP contribution in [-0.4, -0.2) is 22.2 Å². The Morgan fingerprint density at radius 2 is 2.21 bits per heavy atom. The van der Waals surface area contributed by atoms with Crippen molar-refractivity contribution in [1.82, 2.24) is 15.1 Å². The third-order valence-corrected chi connectivity index (χ3v) is 2.82. The molecular weight excluding hydrogens is 240 g/mol. The summed E-state index contributed by atoms with van der Waals surface area (Å²) in [5.41, 5.74) is 3.00. The smallest absolute Gasteiger partial charge is 0.238 e. The topological polar surface area (TPSA) is 59.0 Å². The summed E-state index contributed by atoms with van der Waals surface area (Å²) < 4.78 is 1.78. The number of anilines is 1. The van der Waals surface area contributed by atoms with E-state index in [1.165, 1.54) is 0 Å². The number of carbonyl (C=O) groups is 1. The van der Waals surface area contributed by atoms with Crippen LogP contribution >= 0.6 is 0 Å². The van der Waals surface area contributed by atoms with E-state index in [1.807, 2.05) is 44.3 Å². The van der Waals surface area contributed by atoms with Crippen molar-refractivity contribution in [3.05, 3.63) is 47.8 Å². The van der Waals surface area contributed by atoms with Gasteiger partial charge in [-0.15, -0.1) is 0 Å². The number of amides is 1. The van der Waals surface area contributed by atoms with Crippen LogP contribution in [0.4, 0.5) is 5.69 Å². The number of benzene rings is 1. The lowest BCUT2D eigenvalue weighted by molar-refractivity contribution is -0.115. The van der Waals surface area contributed by atoms with E-state index in [1.54, 1.807) is 10.9 Å². The fraction of sp³-hybridized carbons (Fsp3) is 0.286. The molecule has 2 rings (SSSR count). The van der Waals surface area contributed by atoms with Gasteiger partial charge in [-0.2, -0.15) is 5.10 Å². The second kappa shape index (κ2) is 6.15. The SMILES string of the molecule is Cc1cccc(NC(=O)CNCc2ccnn2C)c1. The molecular formula is C14H18N4O. The number of nitrogens with zero attached hydrogens (tertiary/aromatic N) is 2. The van der Waals surface area contributed by atoms with E-state index in [-0.39, 0.29) is 12.5 Å². The van der Waals surface area contributed by atoms with E-state index in [9.17, 15) is 4.79 Å². The van der Waals surface area contributed by atoms with Gasteiger partial charge in [0.15, 0.2) is 0 Å². The largest absolute Gasteiger partial charge is 0.325 e. The van der Waals surface area contributed by atoms with Crippen LogP contribution in [0.3, 0.4) is 0 Å². The van der Waals surface area contributed by atoms with Gasteiger partial charge in [0, 0.05) is 25.5 Å². The Bertz CT molecular complexity index is 562. The number of hydrogen-bond donors (Lipinski definition) is 2. The molecule has 0 atom stereocenters. The second-order valence-corrected chi connectivity index (χ2v) is 4.47. The fourth-order valence-electron chi connectivity index (χ4n) is 1.81. The minimum absolute atomic E-state index is 0.0484. The summed E-state index contributed by atoms with van der Waals surface area (Å²) in [6, 6.07) is 9.67. The number of rotatable bonds is 5. The van der Waals surface area contributed by atoms with Crippen molar-refractivity contribution in [2.45, 2.75) is 13.5 Å². The third kappa shape index (κ3) is 3.93. The number of aryl methyl sites for hydroxylation is 2. The highest BCUT2D eigenvalue weighted by atomic mass is 16.1. The van der Waals surface area contributed by atoms with Crippen LogP contribution < -0.4 is 10.6 Å². The zero-order valence-electron chi connectivity index (χ0n) is 11.2. The van der Waals surface area contributed by atoms with Crippen LogP contribution in [-0.2, 0) is 18.4 Å². The highest BCUT2D eigenvalue weighted by Crippen LogP contribution is 2.08. The van der Waals surface area contributed by atoms with Crippen LogP contribution in [0.1, 0.15) is 11.3 Å². The molecule has 1 aromatic carbocycles. The molecule has 2 N–H and O–H groups in total. The Kier molecular flexibility index (Phi) is 4.30. The quantitative estimate of drug-likeness (QED) is 0.853. The molecule has 0 saturated heterocycles. The third-order valence-electron chi connectivity index (χ3n) is 2.82. The van der Waals surface area contributed by atoms with Gasteiger partial charge in [-0.25, -0.2) is 0 Å². The fourth-order valence-corrected chi connectivity index (χ4v) is 1.81. The van der Waals surface area contributed by atoms with Gasteiger partial charge >= 0.3 is 0 Å². The number of aromatic nitrogens is 2. The minimum atomic E-state index is -0.0484. The zero-order valence-corrected chi connectivity index (χ0v) is 11.2. The van der Waals surface area contributed by atoms with Crippen LogP contribution in [0.5, 0.6) is 0 Å². The molecule has 0 radical (unpaired) electrons. The minimum Gasteiger partial charge on any atom is -0.325 e. The molecule has 0 spiro atoms. The molecule has 0 bridgehead atoms. The molecule has 1 heterocycles. The molecule has 0 aliphatic heterocycles. The maximum Gasteiger partial charge on any atom is 0.238 e. The first-order valence-corrected chi connectivity index (χ1v) is 6.19. The maximum atomic E-state index is 11.7.